The van der Waals surface area contributed by atoms with Gasteiger partial charge in [0.2, 0.25) is 14.7 Å². The van der Waals surface area contributed by atoms with Crippen LogP contribution in [0.4, 0.5) is 0 Å². The maximum Gasteiger partial charge on any atom is 0.229 e. The molecule has 0 radical (unpaired) electrons. The predicted octanol–water partition coefficient (Wildman–Crippen LogP) is 9.35. The highest BCUT2D eigenvalue weighted by atomic mass is 31.2. The number of rotatable bonds is 22. The number of unbranched alkanes of at least 4 members (excludes halogenated alkanes) is 14. The standard InChI is InChI=1S/C33H54O4P2/c1-3-5-7-9-11-13-15-17-27-38(34,35)32-23-19-30(20-24-32)29-31-21-25-33(26-22-31)39(36,37)28-18-16-14-12-10-8-6-4-2/h19-26H,3-18,27-29H2,1-2H3,(H,34,35)(H,36,37). The summed E-state index contributed by atoms with van der Waals surface area (Å²) in [5, 5.41) is 1.07. The van der Waals surface area contributed by atoms with Crippen molar-refractivity contribution >= 4 is 25.3 Å². The molecule has 0 spiro atoms. The Bertz CT molecular complexity index is 920. The minimum absolute atomic E-state index is 0.350. The fourth-order valence-corrected chi connectivity index (χ4v) is 8.16. The van der Waals surface area contributed by atoms with Crippen LogP contribution in [0.1, 0.15) is 128 Å². The van der Waals surface area contributed by atoms with Crippen LogP contribution < -0.4 is 10.6 Å². The number of hydrogen-bond acceptors (Lipinski definition) is 2. The third-order valence-electron chi connectivity index (χ3n) is 7.72. The Balaban J connectivity index is 1.75. The van der Waals surface area contributed by atoms with Crippen LogP contribution in [0.2, 0.25) is 0 Å². The topological polar surface area (TPSA) is 74.6 Å². The van der Waals surface area contributed by atoms with Gasteiger partial charge < -0.3 is 9.79 Å². The first-order valence-corrected chi connectivity index (χ1v) is 19.3. The van der Waals surface area contributed by atoms with E-state index in [-0.39, 0.29) is 0 Å². The van der Waals surface area contributed by atoms with Gasteiger partial charge in [-0.25, -0.2) is 0 Å². The van der Waals surface area contributed by atoms with Crippen LogP contribution in [0.3, 0.4) is 0 Å². The highest BCUT2D eigenvalue weighted by Gasteiger charge is 2.21. The first-order valence-electron chi connectivity index (χ1n) is 15.6. The largest absolute Gasteiger partial charge is 0.341 e. The van der Waals surface area contributed by atoms with Crippen molar-refractivity contribution in [2.75, 3.05) is 12.3 Å². The molecule has 39 heavy (non-hydrogen) atoms. The van der Waals surface area contributed by atoms with Gasteiger partial charge in [-0.15, -0.1) is 0 Å². The Kier molecular flexibility index (Phi) is 16.6. The second-order valence-corrected chi connectivity index (χ2v) is 16.0. The molecule has 0 bridgehead atoms. The van der Waals surface area contributed by atoms with Gasteiger partial charge in [-0.05, 0) is 54.7 Å². The van der Waals surface area contributed by atoms with Gasteiger partial charge >= 0.3 is 0 Å². The minimum atomic E-state index is -3.32. The zero-order valence-corrected chi connectivity index (χ0v) is 26.4. The van der Waals surface area contributed by atoms with E-state index < -0.39 is 14.7 Å². The van der Waals surface area contributed by atoms with E-state index in [2.05, 4.69) is 13.8 Å². The first kappa shape index (κ1) is 34.0. The summed E-state index contributed by atoms with van der Waals surface area (Å²) in [7, 11) is -6.64. The summed E-state index contributed by atoms with van der Waals surface area (Å²) < 4.78 is 25.7. The summed E-state index contributed by atoms with van der Waals surface area (Å²) in [5.41, 5.74) is 2.12. The monoisotopic (exact) mass is 576 g/mol. The zero-order valence-electron chi connectivity index (χ0n) is 24.7. The van der Waals surface area contributed by atoms with Crippen LogP contribution >= 0.6 is 14.7 Å². The second kappa shape index (κ2) is 19.0. The molecule has 0 heterocycles. The van der Waals surface area contributed by atoms with Gasteiger partial charge in [0.15, 0.2) is 0 Å². The van der Waals surface area contributed by atoms with E-state index in [0.29, 0.717) is 29.4 Å². The molecule has 2 aromatic rings. The van der Waals surface area contributed by atoms with Crippen molar-refractivity contribution in [2.45, 2.75) is 123 Å². The van der Waals surface area contributed by atoms with E-state index in [1.165, 1.54) is 64.2 Å². The highest BCUT2D eigenvalue weighted by Crippen LogP contribution is 2.41. The van der Waals surface area contributed by atoms with Crippen molar-refractivity contribution in [3.8, 4) is 0 Å². The summed E-state index contributed by atoms with van der Waals surface area (Å²) in [5.74, 6) is 0. The normalized spacial score (nSPS) is 14.7. The SMILES string of the molecule is CCCCCCCCCCP(=O)(O)c1ccc(Cc2ccc(P(=O)(O)CCCCCCCCCC)cc2)cc1. The van der Waals surface area contributed by atoms with Crippen LogP contribution in [-0.4, -0.2) is 22.1 Å². The maximum atomic E-state index is 12.9. The molecule has 6 heteroatoms. The predicted molar refractivity (Wildman–Crippen MR) is 170 cm³/mol. The van der Waals surface area contributed by atoms with Gasteiger partial charge in [0.25, 0.3) is 0 Å². The van der Waals surface area contributed by atoms with Crippen molar-refractivity contribution in [3.05, 3.63) is 59.7 Å². The van der Waals surface area contributed by atoms with Gasteiger partial charge in [-0.3, -0.25) is 9.13 Å². The lowest BCUT2D eigenvalue weighted by molar-refractivity contribution is 0.483. The van der Waals surface area contributed by atoms with Crippen molar-refractivity contribution in [1.29, 1.82) is 0 Å². The molecule has 0 aliphatic heterocycles. The third-order valence-corrected chi connectivity index (χ3v) is 11.8. The molecule has 0 saturated carbocycles. The molecule has 2 rings (SSSR count). The smallest absolute Gasteiger partial charge is 0.229 e. The second-order valence-electron chi connectivity index (χ2n) is 11.3. The average Bonchev–Trinajstić information content (AvgIpc) is 2.92. The van der Waals surface area contributed by atoms with Crippen LogP contribution in [0.25, 0.3) is 0 Å². The maximum absolute atomic E-state index is 12.9. The van der Waals surface area contributed by atoms with Crippen LogP contribution in [0.5, 0.6) is 0 Å². The molecule has 0 aliphatic rings. The van der Waals surface area contributed by atoms with Gasteiger partial charge in [0.05, 0.1) is 0 Å². The molecule has 0 aliphatic carbocycles. The van der Waals surface area contributed by atoms with Crippen molar-refractivity contribution in [1.82, 2.24) is 0 Å². The number of hydrogen-bond donors (Lipinski definition) is 2. The van der Waals surface area contributed by atoms with Gasteiger partial charge in [0.1, 0.15) is 0 Å². The van der Waals surface area contributed by atoms with E-state index in [1.54, 1.807) is 24.3 Å². The Morgan fingerprint density at radius 1 is 0.462 bits per heavy atom. The molecule has 0 fully saturated rings. The van der Waals surface area contributed by atoms with Crippen LogP contribution in [0.15, 0.2) is 48.5 Å². The average molecular weight is 577 g/mol. The summed E-state index contributed by atoms with van der Waals surface area (Å²) in [4.78, 5) is 21.2. The summed E-state index contributed by atoms with van der Waals surface area (Å²) in [6.07, 6.45) is 20.0. The molecule has 2 unspecified atom stereocenters. The zero-order chi connectivity index (χ0) is 28.4. The Morgan fingerprint density at radius 3 is 1.05 bits per heavy atom. The van der Waals surface area contributed by atoms with Crippen LogP contribution in [0, 0.1) is 0 Å². The van der Waals surface area contributed by atoms with E-state index in [1.807, 2.05) is 24.3 Å². The Labute approximate surface area is 238 Å². The lowest BCUT2D eigenvalue weighted by Crippen LogP contribution is -2.08. The summed E-state index contributed by atoms with van der Waals surface area (Å²) >= 11 is 0. The fourth-order valence-electron chi connectivity index (χ4n) is 5.11. The summed E-state index contributed by atoms with van der Waals surface area (Å²) in [6.45, 7) is 4.44. The van der Waals surface area contributed by atoms with E-state index >= 15 is 0 Å². The lowest BCUT2D eigenvalue weighted by Gasteiger charge is -2.13. The quantitative estimate of drug-likeness (QED) is 0.108. The number of benzene rings is 2. The Morgan fingerprint density at radius 2 is 0.744 bits per heavy atom. The summed E-state index contributed by atoms with van der Waals surface area (Å²) in [6, 6.07) is 14.9. The van der Waals surface area contributed by atoms with Crippen molar-refractivity contribution in [3.63, 3.8) is 0 Å². The molecular weight excluding hydrogens is 522 g/mol. The van der Waals surface area contributed by atoms with Crippen molar-refractivity contribution in [2.24, 2.45) is 0 Å². The lowest BCUT2D eigenvalue weighted by atomic mass is 10.1. The molecule has 2 atom stereocenters. The molecule has 0 aromatic heterocycles. The minimum Gasteiger partial charge on any atom is -0.341 e. The van der Waals surface area contributed by atoms with E-state index in [0.717, 1.165) is 49.7 Å². The van der Waals surface area contributed by atoms with E-state index in [9.17, 15) is 18.9 Å². The molecule has 4 nitrogen and oxygen atoms in total. The molecule has 220 valence electrons. The van der Waals surface area contributed by atoms with E-state index in [4.69, 9.17) is 0 Å². The molecule has 2 aromatic carbocycles. The van der Waals surface area contributed by atoms with Crippen molar-refractivity contribution < 1.29 is 18.9 Å². The van der Waals surface area contributed by atoms with Gasteiger partial charge in [-0.1, -0.05) is 128 Å². The van der Waals surface area contributed by atoms with Crippen LogP contribution in [-0.2, 0) is 15.6 Å². The first-order chi connectivity index (χ1) is 18.8. The Hall–Kier alpha value is -1.18. The fraction of sp³-hybridized carbons (Fsp3) is 0.636. The van der Waals surface area contributed by atoms with Gasteiger partial charge in [0, 0.05) is 22.9 Å². The molecule has 2 N–H and O–H groups in total. The van der Waals surface area contributed by atoms with Gasteiger partial charge in [-0.2, -0.15) is 0 Å². The third kappa shape index (κ3) is 13.8. The molecule has 0 saturated heterocycles. The molecule has 0 amide bonds. The highest BCUT2D eigenvalue weighted by molar-refractivity contribution is 7.66. The molecular formula is C33H54O4P2.